The summed E-state index contributed by atoms with van der Waals surface area (Å²) in [5, 5.41) is 4.08. The van der Waals surface area contributed by atoms with Crippen molar-refractivity contribution in [3.63, 3.8) is 0 Å². The van der Waals surface area contributed by atoms with Crippen molar-refractivity contribution in [2.75, 3.05) is 20.8 Å². The number of amides is 1. The molecule has 0 aliphatic carbocycles. The van der Waals surface area contributed by atoms with Crippen molar-refractivity contribution in [1.29, 1.82) is 0 Å². The summed E-state index contributed by atoms with van der Waals surface area (Å²) in [5.74, 6) is 1.80. The Balaban J connectivity index is 1.67. The van der Waals surface area contributed by atoms with Crippen LogP contribution in [-0.4, -0.2) is 32.9 Å². The Morgan fingerprint density at radius 1 is 1.03 bits per heavy atom. The number of halogens is 2. The molecule has 0 aliphatic rings. The SMILES string of the molecule is C=CCOc1ccc(C(=O)N/N=C/c2cc(I)c(OCc3ccc(Br)cc3)c(OC)c2)cc1OC. The van der Waals surface area contributed by atoms with Crippen molar-refractivity contribution >= 4 is 50.6 Å². The van der Waals surface area contributed by atoms with Crippen LogP contribution in [0.15, 0.2) is 76.8 Å². The number of nitrogens with one attached hydrogen (secondary N) is 1. The van der Waals surface area contributed by atoms with Crippen LogP contribution in [0.3, 0.4) is 0 Å². The van der Waals surface area contributed by atoms with Crippen LogP contribution in [0.25, 0.3) is 0 Å². The Bertz CT molecular complexity index is 1220. The molecular formula is C26H24BrIN2O5. The van der Waals surface area contributed by atoms with Crippen molar-refractivity contribution in [3.8, 4) is 23.0 Å². The molecule has 35 heavy (non-hydrogen) atoms. The number of rotatable bonds is 11. The van der Waals surface area contributed by atoms with Crippen molar-refractivity contribution in [1.82, 2.24) is 5.43 Å². The highest BCUT2D eigenvalue weighted by atomic mass is 127. The van der Waals surface area contributed by atoms with Gasteiger partial charge in [-0.15, -0.1) is 0 Å². The molecule has 3 rings (SSSR count). The molecule has 0 spiro atoms. The van der Waals surface area contributed by atoms with E-state index >= 15 is 0 Å². The third kappa shape index (κ3) is 7.46. The monoisotopic (exact) mass is 650 g/mol. The fourth-order valence-corrected chi connectivity index (χ4v) is 4.04. The summed E-state index contributed by atoms with van der Waals surface area (Å²) in [6, 6.07) is 16.5. The smallest absolute Gasteiger partial charge is 0.271 e. The van der Waals surface area contributed by atoms with Gasteiger partial charge in [0.15, 0.2) is 23.0 Å². The molecule has 182 valence electrons. The molecule has 0 saturated carbocycles. The van der Waals surface area contributed by atoms with Gasteiger partial charge in [0.25, 0.3) is 5.91 Å². The fraction of sp³-hybridized carbons (Fsp3) is 0.154. The van der Waals surface area contributed by atoms with Gasteiger partial charge in [0, 0.05) is 10.0 Å². The van der Waals surface area contributed by atoms with E-state index < -0.39 is 0 Å². The van der Waals surface area contributed by atoms with E-state index in [4.69, 9.17) is 18.9 Å². The molecule has 0 aliphatic heterocycles. The molecule has 7 nitrogen and oxygen atoms in total. The van der Waals surface area contributed by atoms with Crippen molar-refractivity contribution in [2.24, 2.45) is 5.10 Å². The summed E-state index contributed by atoms with van der Waals surface area (Å²) in [6.45, 7) is 4.36. The number of hydrogen-bond donors (Lipinski definition) is 1. The third-order valence-corrected chi connectivity index (χ3v) is 6.04. The lowest BCUT2D eigenvalue weighted by molar-refractivity contribution is 0.0954. The molecule has 9 heteroatoms. The van der Waals surface area contributed by atoms with Gasteiger partial charge in [0.2, 0.25) is 0 Å². The van der Waals surface area contributed by atoms with Crippen LogP contribution in [-0.2, 0) is 6.61 Å². The third-order valence-electron chi connectivity index (χ3n) is 4.71. The molecule has 0 bridgehead atoms. The van der Waals surface area contributed by atoms with Crippen molar-refractivity contribution in [2.45, 2.75) is 6.61 Å². The second-order valence-electron chi connectivity index (χ2n) is 7.11. The van der Waals surface area contributed by atoms with E-state index in [9.17, 15) is 4.79 Å². The Morgan fingerprint density at radius 3 is 2.46 bits per heavy atom. The van der Waals surface area contributed by atoms with Gasteiger partial charge < -0.3 is 18.9 Å². The van der Waals surface area contributed by atoms with Gasteiger partial charge in [-0.2, -0.15) is 5.10 Å². The number of hydrazone groups is 1. The van der Waals surface area contributed by atoms with E-state index in [0.717, 1.165) is 19.2 Å². The van der Waals surface area contributed by atoms with Crippen LogP contribution in [0.5, 0.6) is 23.0 Å². The minimum Gasteiger partial charge on any atom is -0.493 e. The highest BCUT2D eigenvalue weighted by molar-refractivity contribution is 14.1. The van der Waals surface area contributed by atoms with Gasteiger partial charge in [0.1, 0.15) is 13.2 Å². The highest BCUT2D eigenvalue weighted by Gasteiger charge is 2.13. The van der Waals surface area contributed by atoms with Gasteiger partial charge in [-0.25, -0.2) is 5.43 Å². The first-order valence-corrected chi connectivity index (χ1v) is 12.3. The summed E-state index contributed by atoms with van der Waals surface area (Å²) in [7, 11) is 3.09. The first kappa shape index (κ1) is 26.6. The Kier molecular flexibility index (Phi) is 9.98. The Hall–Kier alpha value is -3.05. The largest absolute Gasteiger partial charge is 0.493 e. The number of carbonyl (C=O) groups excluding carboxylic acids is 1. The topological polar surface area (TPSA) is 78.4 Å². The molecule has 0 unspecified atom stereocenters. The fourth-order valence-electron chi connectivity index (χ4n) is 3.00. The summed E-state index contributed by atoms with van der Waals surface area (Å²) in [6.07, 6.45) is 3.17. The number of ether oxygens (including phenoxy) is 4. The molecule has 3 aromatic rings. The normalized spacial score (nSPS) is 10.6. The Morgan fingerprint density at radius 2 is 1.77 bits per heavy atom. The molecule has 0 radical (unpaired) electrons. The maximum atomic E-state index is 12.5. The summed E-state index contributed by atoms with van der Waals surface area (Å²) >= 11 is 5.61. The number of hydrogen-bond acceptors (Lipinski definition) is 6. The number of carbonyl (C=O) groups is 1. The van der Waals surface area contributed by atoms with Gasteiger partial charge in [0.05, 0.1) is 24.0 Å². The van der Waals surface area contributed by atoms with Crippen LogP contribution >= 0.6 is 38.5 Å². The van der Waals surface area contributed by atoms with Gasteiger partial charge >= 0.3 is 0 Å². The second-order valence-corrected chi connectivity index (χ2v) is 9.19. The zero-order chi connectivity index (χ0) is 25.2. The minimum absolute atomic E-state index is 0.336. The highest BCUT2D eigenvalue weighted by Crippen LogP contribution is 2.34. The van der Waals surface area contributed by atoms with Gasteiger partial charge in [-0.05, 0) is 76.2 Å². The molecule has 0 fully saturated rings. The summed E-state index contributed by atoms with van der Waals surface area (Å²) in [4.78, 5) is 12.5. The zero-order valence-electron chi connectivity index (χ0n) is 19.2. The first-order valence-electron chi connectivity index (χ1n) is 10.4. The standard InChI is InChI=1S/C26H24BrIN2O5/c1-4-11-34-22-10-7-19(14-23(22)32-2)26(31)30-29-15-18-12-21(28)25(24(13-18)33-3)35-16-17-5-8-20(27)9-6-17/h4-10,12-15H,1,11,16H2,2-3H3,(H,30,31)/b29-15+. The lowest BCUT2D eigenvalue weighted by Crippen LogP contribution is -2.17. The van der Waals surface area contributed by atoms with Crippen LogP contribution in [0.4, 0.5) is 0 Å². The summed E-state index contributed by atoms with van der Waals surface area (Å²) < 4.78 is 24.2. The quantitative estimate of drug-likeness (QED) is 0.120. The van der Waals surface area contributed by atoms with Crippen molar-refractivity contribution in [3.05, 3.63) is 92.0 Å². The molecule has 0 heterocycles. The van der Waals surface area contributed by atoms with E-state index in [-0.39, 0.29) is 5.91 Å². The molecule has 0 atom stereocenters. The summed E-state index contributed by atoms with van der Waals surface area (Å²) in [5.41, 5.74) is 4.69. The number of methoxy groups -OCH3 is 2. The van der Waals surface area contributed by atoms with E-state index in [0.29, 0.717) is 41.8 Å². The van der Waals surface area contributed by atoms with E-state index in [1.54, 1.807) is 43.7 Å². The van der Waals surface area contributed by atoms with E-state index in [2.05, 4.69) is 55.6 Å². The number of nitrogens with zero attached hydrogens (tertiary/aromatic N) is 1. The molecule has 1 amide bonds. The van der Waals surface area contributed by atoms with E-state index in [1.165, 1.54) is 7.11 Å². The first-order chi connectivity index (χ1) is 16.9. The van der Waals surface area contributed by atoms with Crippen LogP contribution < -0.4 is 24.4 Å². The minimum atomic E-state index is -0.383. The predicted molar refractivity (Wildman–Crippen MR) is 148 cm³/mol. The lowest BCUT2D eigenvalue weighted by Gasteiger charge is -2.13. The Labute approximate surface area is 226 Å². The van der Waals surface area contributed by atoms with Crippen LogP contribution in [0, 0.1) is 3.57 Å². The van der Waals surface area contributed by atoms with Crippen LogP contribution in [0.1, 0.15) is 21.5 Å². The van der Waals surface area contributed by atoms with E-state index in [1.807, 2.05) is 30.3 Å². The maximum absolute atomic E-state index is 12.5. The molecular weight excluding hydrogens is 627 g/mol. The molecule has 1 N–H and O–H groups in total. The number of benzene rings is 3. The molecule has 0 aromatic heterocycles. The van der Waals surface area contributed by atoms with Crippen molar-refractivity contribution < 1.29 is 23.7 Å². The predicted octanol–water partition coefficient (Wildman–Crippen LogP) is 5.98. The zero-order valence-corrected chi connectivity index (χ0v) is 23.0. The second kappa shape index (κ2) is 13.1. The van der Waals surface area contributed by atoms with Crippen LogP contribution in [0.2, 0.25) is 0 Å². The molecule has 0 saturated heterocycles. The molecule has 3 aromatic carbocycles. The van der Waals surface area contributed by atoms with Gasteiger partial charge in [-0.3, -0.25) is 4.79 Å². The maximum Gasteiger partial charge on any atom is 0.271 e. The van der Waals surface area contributed by atoms with Gasteiger partial charge in [-0.1, -0.05) is 40.7 Å². The average Bonchev–Trinajstić information content (AvgIpc) is 2.87. The average molecular weight is 651 g/mol. The lowest BCUT2D eigenvalue weighted by atomic mass is 10.2.